The van der Waals surface area contributed by atoms with Crippen LogP contribution in [-0.2, 0) is 9.59 Å². The summed E-state index contributed by atoms with van der Waals surface area (Å²) in [5.74, 6) is -1.44. The maximum Gasteiger partial charge on any atom is 0.320 e. The number of nitrogens with one attached hydrogen (secondary N) is 2. The Labute approximate surface area is 99.5 Å². The molecule has 0 bridgehead atoms. The molecule has 0 spiro atoms. The highest BCUT2D eigenvalue weighted by atomic mass is 16.4. The Kier molecular flexibility index (Phi) is 7.44. The smallest absolute Gasteiger partial charge is 0.320 e. The second-order valence-electron chi connectivity index (χ2n) is 3.97. The Bertz CT molecular complexity index is 221. The van der Waals surface area contributed by atoms with Gasteiger partial charge in [-0.1, -0.05) is 0 Å². The monoisotopic (exact) mass is 248 g/mol. The van der Waals surface area contributed by atoms with E-state index in [1.807, 2.05) is 0 Å². The molecule has 2 fully saturated rings. The summed E-state index contributed by atoms with van der Waals surface area (Å²) in [5.41, 5.74) is 0. The van der Waals surface area contributed by atoms with Crippen LogP contribution < -0.4 is 10.6 Å². The van der Waals surface area contributed by atoms with Crippen molar-refractivity contribution in [1.82, 2.24) is 10.6 Å². The third kappa shape index (κ3) is 5.62. The lowest BCUT2D eigenvalue weighted by Crippen LogP contribution is -2.29. The molecule has 17 heavy (non-hydrogen) atoms. The third-order valence-electron chi connectivity index (χ3n) is 2.72. The largest absolute Gasteiger partial charge is 0.480 e. The van der Waals surface area contributed by atoms with Gasteiger partial charge in [0.1, 0.15) is 12.1 Å². The van der Waals surface area contributed by atoms with Crippen molar-refractivity contribution in [1.29, 1.82) is 0 Å². The number of carbonyl (C=O) groups is 2. The normalized spacial score (nSPS) is 26.6. The summed E-state index contributed by atoms with van der Waals surface area (Å²) in [6.07, 6.45) is 3.57. The van der Waals surface area contributed by atoms with Gasteiger partial charge in [0.25, 0.3) is 0 Å². The van der Waals surface area contributed by atoms with Crippen LogP contribution in [0.3, 0.4) is 0 Å². The van der Waals surface area contributed by atoms with Crippen molar-refractivity contribution in [3.8, 4) is 0 Å². The molecule has 0 unspecified atom stereocenters. The fourth-order valence-corrected chi connectivity index (χ4v) is 1.79. The summed E-state index contributed by atoms with van der Waals surface area (Å²) in [5, 5.41) is 22.4. The van der Waals surface area contributed by atoms with E-state index in [0.717, 1.165) is 38.8 Å². The molecule has 2 atom stereocenters. The van der Waals surface area contributed by atoms with Crippen molar-refractivity contribution >= 4 is 11.9 Å². The van der Waals surface area contributed by atoms with Crippen LogP contribution >= 0.6 is 0 Å². The van der Waals surface area contributed by atoms with E-state index in [9.17, 15) is 9.59 Å². The van der Waals surface area contributed by atoms with Gasteiger partial charge in [0.2, 0.25) is 0 Å². The highest BCUT2D eigenvalue weighted by Crippen LogP contribution is 2.04. The molecule has 2 aliphatic rings. The zero-order valence-electron chi connectivity index (χ0n) is 9.61. The van der Waals surface area contributed by atoms with Gasteiger partial charge in [0.05, 0.1) is 0 Å². The van der Waals surface area contributed by atoms with Gasteiger partial charge in [0, 0.05) is 0 Å². The van der Waals surface area contributed by atoms with Gasteiger partial charge in [0.15, 0.2) is 0 Å². The van der Waals surface area contributed by atoms with Gasteiger partial charge in [-0.15, -0.1) is 0 Å². The lowest BCUT2D eigenvalue weighted by molar-refractivity contribution is -0.140. The van der Waals surface area contributed by atoms with E-state index < -0.39 is 11.9 Å². The molecule has 6 N–H and O–H groups in total. The molecule has 0 aromatic heterocycles. The molecule has 0 saturated carbocycles. The van der Waals surface area contributed by atoms with Gasteiger partial charge in [-0.25, -0.2) is 0 Å². The van der Waals surface area contributed by atoms with Gasteiger partial charge >= 0.3 is 11.9 Å². The quantitative estimate of drug-likeness (QED) is 0.486. The average Bonchev–Trinajstić information content (AvgIpc) is 2.93. The standard InChI is InChI=1S/2C5H9NO2.H2O/c2*7-5(8)4-2-1-3-6-4;/h2*4,6H,1-3H2,(H,7,8);1H2/t2*4-;/m00./s1. The molecular weight excluding hydrogens is 228 g/mol. The lowest BCUT2D eigenvalue weighted by Gasteiger charge is -1.99. The Morgan fingerprint density at radius 2 is 1.24 bits per heavy atom. The minimum Gasteiger partial charge on any atom is -0.480 e. The topological polar surface area (TPSA) is 130 Å². The molecule has 100 valence electrons. The Balaban J connectivity index is 0.000000284. The van der Waals surface area contributed by atoms with Crippen molar-refractivity contribution in [2.45, 2.75) is 37.8 Å². The van der Waals surface area contributed by atoms with Crippen LogP contribution in [0.5, 0.6) is 0 Å². The zero-order chi connectivity index (χ0) is 12.0. The van der Waals surface area contributed by atoms with Crippen LogP contribution in [0.25, 0.3) is 0 Å². The molecule has 0 amide bonds. The van der Waals surface area contributed by atoms with E-state index in [0.29, 0.717) is 0 Å². The maximum absolute atomic E-state index is 10.1. The first-order valence-electron chi connectivity index (χ1n) is 5.53. The number of hydrogen-bond acceptors (Lipinski definition) is 4. The van der Waals surface area contributed by atoms with Gasteiger partial charge < -0.3 is 26.3 Å². The van der Waals surface area contributed by atoms with E-state index >= 15 is 0 Å². The molecule has 7 heteroatoms. The first-order valence-corrected chi connectivity index (χ1v) is 5.53. The van der Waals surface area contributed by atoms with Crippen LogP contribution in [0.15, 0.2) is 0 Å². The molecule has 0 aromatic rings. The number of carboxylic acid groups (broad SMARTS) is 2. The fraction of sp³-hybridized carbons (Fsp3) is 0.800. The zero-order valence-corrected chi connectivity index (χ0v) is 9.61. The summed E-state index contributed by atoms with van der Waals surface area (Å²) in [7, 11) is 0. The van der Waals surface area contributed by atoms with Crippen LogP contribution in [0.2, 0.25) is 0 Å². The molecule has 2 heterocycles. The molecule has 0 radical (unpaired) electrons. The van der Waals surface area contributed by atoms with Crippen molar-refractivity contribution in [2.75, 3.05) is 13.1 Å². The van der Waals surface area contributed by atoms with Crippen LogP contribution in [0.1, 0.15) is 25.7 Å². The van der Waals surface area contributed by atoms with Crippen LogP contribution in [-0.4, -0.2) is 52.8 Å². The van der Waals surface area contributed by atoms with Crippen molar-refractivity contribution in [2.24, 2.45) is 0 Å². The minimum atomic E-state index is -0.720. The number of rotatable bonds is 2. The maximum atomic E-state index is 10.1. The summed E-state index contributed by atoms with van der Waals surface area (Å²) in [4.78, 5) is 20.3. The molecule has 7 nitrogen and oxygen atoms in total. The van der Waals surface area contributed by atoms with E-state index in [2.05, 4.69) is 10.6 Å². The second kappa shape index (κ2) is 7.99. The van der Waals surface area contributed by atoms with Crippen molar-refractivity contribution < 1.29 is 25.3 Å². The Morgan fingerprint density at radius 1 is 0.882 bits per heavy atom. The van der Waals surface area contributed by atoms with Gasteiger partial charge in [-0.05, 0) is 38.8 Å². The summed E-state index contributed by atoms with van der Waals surface area (Å²) in [6.45, 7) is 1.72. The number of aliphatic carboxylic acids is 2. The number of carboxylic acids is 2. The van der Waals surface area contributed by atoms with Gasteiger partial charge in [-0.2, -0.15) is 0 Å². The Morgan fingerprint density at radius 3 is 1.35 bits per heavy atom. The Hall–Kier alpha value is -1.18. The van der Waals surface area contributed by atoms with Gasteiger partial charge in [-0.3, -0.25) is 9.59 Å². The highest BCUT2D eigenvalue weighted by Gasteiger charge is 2.20. The SMILES string of the molecule is O.O=C(O)[C@@H]1CCCN1.O=C(O)[C@@H]1CCCN1. The predicted octanol–water partition coefficient (Wildman–Crippen LogP) is -1.18. The molecule has 2 saturated heterocycles. The minimum absolute atomic E-state index is 0. The van der Waals surface area contributed by atoms with Crippen LogP contribution in [0.4, 0.5) is 0 Å². The van der Waals surface area contributed by atoms with E-state index in [-0.39, 0.29) is 17.6 Å². The predicted molar refractivity (Wildman–Crippen MR) is 60.9 cm³/mol. The second-order valence-corrected chi connectivity index (χ2v) is 3.97. The molecule has 2 aliphatic heterocycles. The molecule has 2 rings (SSSR count). The van der Waals surface area contributed by atoms with Crippen molar-refractivity contribution in [3.05, 3.63) is 0 Å². The average molecular weight is 248 g/mol. The molecular formula is C10H20N2O5. The highest BCUT2D eigenvalue weighted by molar-refractivity contribution is 5.74. The third-order valence-corrected chi connectivity index (χ3v) is 2.72. The van der Waals surface area contributed by atoms with E-state index in [1.165, 1.54) is 0 Å². The first kappa shape index (κ1) is 15.8. The van der Waals surface area contributed by atoms with E-state index in [1.54, 1.807) is 0 Å². The first-order chi connectivity index (χ1) is 7.61. The van der Waals surface area contributed by atoms with Crippen LogP contribution in [0, 0.1) is 0 Å². The molecule has 0 aliphatic carbocycles. The summed E-state index contributed by atoms with van der Waals surface area (Å²) >= 11 is 0. The fourth-order valence-electron chi connectivity index (χ4n) is 1.79. The van der Waals surface area contributed by atoms with E-state index in [4.69, 9.17) is 10.2 Å². The summed E-state index contributed by atoms with van der Waals surface area (Å²) < 4.78 is 0. The molecule has 0 aromatic carbocycles. The summed E-state index contributed by atoms with van der Waals surface area (Å²) in [6, 6.07) is -0.537. The van der Waals surface area contributed by atoms with Crippen molar-refractivity contribution in [3.63, 3.8) is 0 Å². The number of hydrogen-bond donors (Lipinski definition) is 4. The lowest BCUT2D eigenvalue weighted by atomic mass is 10.2.